The largest absolute Gasteiger partial charge is 0.465 e. The van der Waals surface area contributed by atoms with E-state index in [1.54, 1.807) is 4.90 Å². The van der Waals surface area contributed by atoms with Gasteiger partial charge in [-0.15, -0.1) is 0 Å². The summed E-state index contributed by atoms with van der Waals surface area (Å²) in [6, 6.07) is 0. The van der Waals surface area contributed by atoms with E-state index in [4.69, 9.17) is 0 Å². The minimum Gasteiger partial charge on any atom is -0.465 e. The Kier molecular flexibility index (Phi) is 3.47. The van der Waals surface area contributed by atoms with Gasteiger partial charge >= 0.3 is 12.1 Å². The van der Waals surface area contributed by atoms with Crippen LogP contribution in [0.3, 0.4) is 0 Å². The summed E-state index contributed by atoms with van der Waals surface area (Å²) in [6.45, 7) is 1.34. The van der Waals surface area contributed by atoms with Crippen LogP contribution in [0.5, 0.6) is 0 Å². The maximum atomic E-state index is 12.8. The molecule has 100 valence electrons. The van der Waals surface area contributed by atoms with Crippen LogP contribution >= 0.6 is 11.3 Å². The zero-order valence-electron chi connectivity index (χ0n) is 9.58. The lowest BCUT2D eigenvalue weighted by atomic mass is 10.3. The summed E-state index contributed by atoms with van der Waals surface area (Å²) in [5, 5.41) is 0.236. The fourth-order valence-electron chi connectivity index (χ4n) is 1.78. The first-order valence-electron chi connectivity index (χ1n) is 5.34. The number of carbonyl (C=O) groups excluding carboxylic acids is 1. The molecule has 0 N–H and O–H groups in total. The summed E-state index contributed by atoms with van der Waals surface area (Å²) in [4.78, 5) is 16.2. The van der Waals surface area contributed by atoms with Gasteiger partial charge in [0.05, 0.1) is 7.11 Å². The van der Waals surface area contributed by atoms with Crippen LogP contribution in [0, 0.1) is 0 Å². The van der Waals surface area contributed by atoms with Crippen LogP contribution in [0.4, 0.5) is 18.3 Å². The van der Waals surface area contributed by atoms with Gasteiger partial charge in [-0.1, -0.05) is 11.3 Å². The van der Waals surface area contributed by atoms with Crippen molar-refractivity contribution in [3.8, 4) is 0 Å². The number of halogens is 3. The zero-order chi connectivity index (χ0) is 13.3. The molecule has 1 aliphatic rings. The van der Waals surface area contributed by atoms with Gasteiger partial charge in [-0.05, 0) is 12.8 Å². The molecule has 1 aromatic rings. The first-order valence-corrected chi connectivity index (χ1v) is 6.16. The Balaban J connectivity index is 2.40. The monoisotopic (exact) mass is 280 g/mol. The Morgan fingerprint density at radius 1 is 1.39 bits per heavy atom. The van der Waals surface area contributed by atoms with Crippen molar-refractivity contribution >= 4 is 22.4 Å². The van der Waals surface area contributed by atoms with E-state index < -0.39 is 22.7 Å². The molecule has 8 heteroatoms. The van der Waals surface area contributed by atoms with Crippen LogP contribution in [-0.2, 0) is 10.9 Å². The molecular weight excluding hydrogens is 269 g/mol. The van der Waals surface area contributed by atoms with Crippen LogP contribution in [0.2, 0.25) is 0 Å². The smallest absolute Gasteiger partial charge is 0.435 e. The molecule has 0 spiro atoms. The molecule has 0 aliphatic carbocycles. The van der Waals surface area contributed by atoms with Gasteiger partial charge in [0, 0.05) is 13.1 Å². The highest BCUT2D eigenvalue weighted by Crippen LogP contribution is 2.38. The number of ether oxygens (including phenoxy) is 1. The quantitative estimate of drug-likeness (QED) is 0.781. The fourth-order valence-corrected chi connectivity index (χ4v) is 2.83. The van der Waals surface area contributed by atoms with Crippen LogP contribution < -0.4 is 4.90 Å². The molecule has 0 saturated carbocycles. The number of thiazole rings is 1. The van der Waals surface area contributed by atoms with E-state index in [0.29, 0.717) is 13.1 Å². The van der Waals surface area contributed by atoms with Gasteiger partial charge in [0.2, 0.25) is 0 Å². The van der Waals surface area contributed by atoms with Crippen LogP contribution in [0.1, 0.15) is 28.2 Å². The van der Waals surface area contributed by atoms with Crippen molar-refractivity contribution in [2.45, 2.75) is 19.0 Å². The highest BCUT2D eigenvalue weighted by atomic mass is 32.1. The van der Waals surface area contributed by atoms with Crippen molar-refractivity contribution in [3.63, 3.8) is 0 Å². The van der Waals surface area contributed by atoms with E-state index in [2.05, 4.69) is 9.72 Å². The lowest BCUT2D eigenvalue weighted by Gasteiger charge is -2.12. The van der Waals surface area contributed by atoms with Crippen LogP contribution in [-0.4, -0.2) is 31.2 Å². The standard InChI is InChI=1S/C10H11F3N2O2S/c1-17-8(16)6-7(10(11,12)13)14-9(18-6)15-4-2-3-5-15/h2-5H2,1H3. The minimum atomic E-state index is -4.64. The fraction of sp³-hybridized carbons (Fsp3) is 0.600. The Labute approximate surface area is 105 Å². The number of anilines is 1. The third-order valence-corrected chi connectivity index (χ3v) is 3.73. The number of hydrogen-bond acceptors (Lipinski definition) is 5. The SMILES string of the molecule is COC(=O)c1sc(N2CCCC2)nc1C(F)(F)F. The van der Waals surface area contributed by atoms with Gasteiger partial charge in [0.15, 0.2) is 10.8 Å². The molecule has 4 nitrogen and oxygen atoms in total. The molecule has 1 aromatic heterocycles. The minimum absolute atomic E-state index is 0.236. The number of aromatic nitrogens is 1. The number of rotatable bonds is 2. The van der Waals surface area contributed by atoms with Crippen molar-refractivity contribution in [1.82, 2.24) is 4.98 Å². The maximum Gasteiger partial charge on any atom is 0.435 e. The first-order chi connectivity index (χ1) is 8.43. The second kappa shape index (κ2) is 4.75. The number of nitrogens with zero attached hydrogens (tertiary/aromatic N) is 2. The summed E-state index contributed by atoms with van der Waals surface area (Å²) in [5.74, 6) is -0.995. The first kappa shape index (κ1) is 13.1. The number of methoxy groups -OCH3 is 1. The van der Waals surface area contributed by atoms with E-state index in [1.807, 2.05) is 0 Å². The molecular formula is C10H11F3N2O2S. The van der Waals surface area contributed by atoms with E-state index in [-0.39, 0.29) is 5.13 Å². The van der Waals surface area contributed by atoms with Gasteiger partial charge in [-0.2, -0.15) is 13.2 Å². The number of carbonyl (C=O) groups is 1. The molecule has 0 aromatic carbocycles. The van der Waals surface area contributed by atoms with Gasteiger partial charge in [-0.25, -0.2) is 9.78 Å². The van der Waals surface area contributed by atoms with Crippen molar-refractivity contribution in [2.75, 3.05) is 25.1 Å². The van der Waals surface area contributed by atoms with Gasteiger partial charge in [-0.3, -0.25) is 0 Å². The average Bonchev–Trinajstić information content (AvgIpc) is 2.94. The zero-order valence-corrected chi connectivity index (χ0v) is 10.4. The van der Waals surface area contributed by atoms with Crippen molar-refractivity contribution in [2.24, 2.45) is 0 Å². The molecule has 0 amide bonds. The summed E-state index contributed by atoms with van der Waals surface area (Å²) in [7, 11) is 1.05. The van der Waals surface area contributed by atoms with E-state index in [9.17, 15) is 18.0 Å². The summed E-state index contributed by atoms with van der Waals surface area (Å²) in [5.41, 5.74) is -1.15. The predicted molar refractivity (Wildman–Crippen MR) is 59.9 cm³/mol. The van der Waals surface area contributed by atoms with Crippen molar-refractivity contribution < 1.29 is 22.7 Å². The highest BCUT2D eigenvalue weighted by Gasteiger charge is 2.40. The lowest BCUT2D eigenvalue weighted by molar-refractivity contribution is -0.141. The molecule has 0 bridgehead atoms. The van der Waals surface area contributed by atoms with Gasteiger partial charge in [0.25, 0.3) is 0 Å². The Morgan fingerprint density at radius 3 is 2.50 bits per heavy atom. The lowest BCUT2D eigenvalue weighted by Crippen LogP contribution is -2.18. The molecule has 1 fully saturated rings. The molecule has 0 atom stereocenters. The second-order valence-electron chi connectivity index (χ2n) is 3.86. The van der Waals surface area contributed by atoms with Crippen molar-refractivity contribution in [3.05, 3.63) is 10.6 Å². The predicted octanol–water partition coefficient (Wildman–Crippen LogP) is 2.55. The van der Waals surface area contributed by atoms with Crippen molar-refractivity contribution in [1.29, 1.82) is 0 Å². The average molecular weight is 280 g/mol. The number of hydrogen-bond donors (Lipinski definition) is 0. The summed E-state index contributed by atoms with van der Waals surface area (Å²) < 4.78 is 42.7. The summed E-state index contributed by atoms with van der Waals surface area (Å²) >= 11 is 0.737. The molecule has 18 heavy (non-hydrogen) atoms. The van der Waals surface area contributed by atoms with E-state index >= 15 is 0 Å². The molecule has 1 aliphatic heterocycles. The van der Waals surface area contributed by atoms with E-state index in [0.717, 1.165) is 31.3 Å². The van der Waals surface area contributed by atoms with Gasteiger partial charge < -0.3 is 9.64 Å². The number of esters is 1. The van der Waals surface area contributed by atoms with Gasteiger partial charge in [0.1, 0.15) is 4.88 Å². The maximum absolute atomic E-state index is 12.8. The van der Waals surface area contributed by atoms with Crippen LogP contribution in [0.25, 0.3) is 0 Å². The second-order valence-corrected chi connectivity index (χ2v) is 4.84. The Hall–Kier alpha value is -1.31. The Morgan fingerprint density at radius 2 is 2.00 bits per heavy atom. The third kappa shape index (κ3) is 2.43. The van der Waals surface area contributed by atoms with E-state index in [1.165, 1.54) is 0 Å². The third-order valence-electron chi connectivity index (χ3n) is 2.63. The molecule has 0 unspecified atom stereocenters. The highest BCUT2D eigenvalue weighted by molar-refractivity contribution is 7.17. The topological polar surface area (TPSA) is 42.4 Å². The Bertz CT molecular complexity index is 452. The molecule has 2 rings (SSSR count). The van der Waals surface area contributed by atoms with Crippen LogP contribution in [0.15, 0.2) is 0 Å². The molecule has 1 saturated heterocycles. The number of alkyl halides is 3. The molecule has 2 heterocycles. The molecule has 0 radical (unpaired) electrons. The normalized spacial score (nSPS) is 16.1. The summed E-state index contributed by atoms with van der Waals surface area (Å²) in [6.07, 6.45) is -2.79.